The lowest BCUT2D eigenvalue weighted by Crippen LogP contribution is -2.35. The smallest absolute Gasteiger partial charge is 0.249 e. The van der Waals surface area contributed by atoms with Gasteiger partial charge in [0.15, 0.2) is 0 Å². The third kappa shape index (κ3) is 2.95. The molecule has 1 atom stereocenters. The van der Waals surface area contributed by atoms with E-state index in [9.17, 15) is 14.0 Å². The maximum Gasteiger partial charge on any atom is 0.249 e. The normalized spacial score (nSPS) is 15.9. The third-order valence-electron chi connectivity index (χ3n) is 4.23. The standard InChI is InChI=1S/C19H15FN4O2/c20-13-6-8-14(9-7-13)22-19(26)16-10-17(25)23-18-15(11-21-24(16)18)12-4-2-1-3-5-12/h1-9,11,16H,10H2,(H,22,26)(H,23,25)/t16-/m1/s1. The number of amides is 2. The Morgan fingerprint density at radius 2 is 1.88 bits per heavy atom. The van der Waals surface area contributed by atoms with Gasteiger partial charge >= 0.3 is 0 Å². The number of hydrogen-bond acceptors (Lipinski definition) is 3. The molecular weight excluding hydrogens is 335 g/mol. The van der Waals surface area contributed by atoms with Crippen LogP contribution in [0.25, 0.3) is 11.1 Å². The predicted molar refractivity (Wildman–Crippen MR) is 95.0 cm³/mol. The SMILES string of the molecule is O=C1C[C@H](C(=O)Nc2ccc(F)cc2)n2ncc(-c3ccccc3)c2N1. The van der Waals surface area contributed by atoms with Crippen molar-refractivity contribution in [2.24, 2.45) is 0 Å². The molecule has 2 N–H and O–H groups in total. The van der Waals surface area contributed by atoms with Crippen molar-refractivity contribution in [1.29, 1.82) is 0 Å². The first kappa shape index (κ1) is 16.0. The number of nitrogens with one attached hydrogen (secondary N) is 2. The first-order chi connectivity index (χ1) is 12.6. The molecule has 0 bridgehead atoms. The second kappa shape index (κ2) is 6.44. The molecule has 2 amide bonds. The monoisotopic (exact) mass is 350 g/mol. The summed E-state index contributed by atoms with van der Waals surface area (Å²) in [5, 5.41) is 9.80. The number of hydrogen-bond donors (Lipinski definition) is 2. The summed E-state index contributed by atoms with van der Waals surface area (Å²) in [6.45, 7) is 0. The Balaban J connectivity index is 1.65. The molecule has 3 aromatic rings. The van der Waals surface area contributed by atoms with Crippen LogP contribution in [0.15, 0.2) is 60.8 Å². The van der Waals surface area contributed by atoms with E-state index in [2.05, 4.69) is 15.7 Å². The Morgan fingerprint density at radius 1 is 1.15 bits per heavy atom. The molecule has 7 heteroatoms. The van der Waals surface area contributed by atoms with Gasteiger partial charge in [0.25, 0.3) is 0 Å². The van der Waals surface area contributed by atoms with E-state index in [0.29, 0.717) is 11.5 Å². The summed E-state index contributed by atoms with van der Waals surface area (Å²) in [5.74, 6) is -0.529. The molecule has 0 saturated carbocycles. The van der Waals surface area contributed by atoms with Gasteiger partial charge in [0.05, 0.1) is 12.6 Å². The lowest BCUT2D eigenvalue weighted by Gasteiger charge is -2.24. The molecule has 0 unspecified atom stereocenters. The number of anilines is 2. The lowest BCUT2D eigenvalue weighted by atomic mass is 10.1. The van der Waals surface area contributed by atoms with Crippen molar-refractivity contribution in [3.05, 3.63) is 66.6 Å². The van der Waals surface area contributed by atoms with Gasteiger partial charge in [-0.05, 0) is 29.8 Å². The third-order valence-corrected chi connectivity index (χ3v) is 4.23. The van der Waals surface area contributed by atoms with Crippen LogP contribution in [-0.4, -0.2) is 21.6 Å². The van der Waals surface area contributed by atoms with Crippen LogP contribution in [0.5, 0.6) is 0 Å². The second-order valence-corrected chi connectivity index (χ2v) is 5.98. The van der Waals surface area contributed by atoms with Crippen molar-refractivity contribution in [2.45, 2.75) is 12.5 Å². The van der Waals surface area contributed by atoms with Crippen LogP contribution in [-0.2, 0) is 9.59 Å². The Morgan fingerprint density at radius 3 is 2.62 bits per heavy atom. The number of carbonyl (C=O) groups is 2. The first-order valence-electron chi connectivity index (χ1n) is 8.11. The molecule has 1 aliphatic heterocycles. The van der Waals surface area contributed by atoms with Gasteiger partial charge in [-0.1, -0.05) is 30.3 Å². The van der Waals surface area contributed by atoms with E-state index in [1.807, 2.05) is 30.3 Å². The zero-order valence-corrected chi connectivity index (χ0v) is 13.6. The molecule has 6 nitrogen and oxygen atoms in total. The van der Waals surface area contributed by atoms with Crippen molar-refractivity contribution in [3.63, 3.8) is 0 Å². The Labute approximate surface area is 148 Å². The van der Waals surface area contributed by atoms with Crippen LogP contribution in [0.3, 0.4) is 0 Å². The van der Waals surface area contributed by atoms with Crippen molar-refractivity contribution in [1.82, 2.24) is 9.78 Å². The minimum absolute atomic E-state index is 0.0179. The fourth-order valence-electron chi connectivity index (χ4n) is 2.96. The van der Waals surface area contributed by atoms with Crippen LogP contribution >= 0.6 is 0 Å². The predicted octanol–water partition coefficient (Wildman–Crippen LogP) is 3.21. The highest BCUT2D eigenvalue weighted by molar-refractivity contribution is 6.03. The van der Waals surface area contributed by atoms with Crippen LogP contribution in [0.1, 0.15) is 12.5 Å². The molecule has 0 saturated heterocycles. The Hall–Kier alpha value is -3.48. The van der Waals surface area contributed by atoms with Gasteiger partial charge in [-0.15, -0.1) is 0 Å². The number of aromatic nitrogens is 2. The van der Waals surface area contributed by atoms with Gasteiger partial charge < -0.3 is 10.6 Å². The second-order valence-electron chi connectivity index (χ2n) is 5.98. The van der Waals surface area contributed by atoms with E-state index < -0.39 is 6.04 Å². The van der Waals surface area contributed by atoms with Crippen molar-refractivity contribution < 1.29 is 14.0 Å². The number of halogens is 1. The molecule has 0 fully saturated rings. The van der Waals surface area contributed by atoms with E-state index in [1.165, 1.54) is 28.9 Å². The van der Waals surface area contributed by atoms with E-state index in [-0.39, 0.29) is 24.1 Å². The molecule has 4 rings (SSSR count). The van der Waals surface area contributed by atoms with Crippen molar-refractivity contribution >= 4 is 23.3 Å². The zero-order valence-electron chi connectivity index (χ0n) is 13.6. The number of benzene rings is 2. The van der Waals surface area contributed by atoms with Gasteiger partial charge in [-0.25, -0.2) is 9.07 Å². The number of rotatable bonds is 3. The molecule has 1 aliphatic rings. The first-order valence-corrected chi connectivity index (χ1v) is 8.11. The number of nitrogens with zero attached hydrogens (tertiary/aromatic N) is 2. The molecule has 130 valence electrons. The van der Waals surface area contributed by atoms with E-state index in [0.717, 1.165) is 11.1 Å². The minimum Gasteiger partial charge on any atom is -0.324 e. The fraction of sp³-hybridized carbons (Fsp3) is 0.105. The average Bonchev–Trinajstić information content (AvgIpc) is 3.07. The molecule has 26 heavy (non-hydrogen) atoms. The van der Waals surface area contributed by atoms with Gasteiger partial charge in [-0.3, -0.25) is 9.59 Å². The largest absolute Gasteiger partial charge is 0.324 e. The van der Waals surface area contributed by atoms with Crippen LogP contribution in [0.4, 0.5) is 15.9 Å². The van der Waals surface area contributed by atoms with Gasteiger partial charge in [0.2, 0.25) is 11.8 Å². The fourth-order valence-corrected chi connectivity index (χ4v) is 2.96. The molecule has 2 heterocycles. The zero-order chi connectivity index (χ0) is 18.1. The Bertz CT molecular complexity index is 967. The summed E-state index contributed by atoms with van der Waals surface area (Å²) in [5.41, 5.74) is 2.10. The minimum atomic E-state index is -0.777. The van der Waals surface area contributed by atoms with E-state index in [1.54, 1.807) is 6.20 Å². The summed E-state index contributed by atoms with van der Waals surface area (Å²) in [7, 11) is 0. The quantitative estimate of drug-likeness (QED) is 0.762. The summed E-state index contributed by atoms with van der Waals surface area (Å²) in [6, 6.07) is 14.2. The van der Waals surface area contributed by atoms with Gasteiger partial charge in [-0.2, -0.15) is 5.10 Å². The lowest BCUT2D eigenvalue weighted by molar-refractivity contribution is -0.125. The molecular formula is C19H15FN4O2. The maximum absolute atomic E-state index is 13.0. The highest BCUT2D eigenvalue weighted by atomic mass is 19.1. The average molecular weight is 350 g/mol. The van der Waals surface area contributed by atoms with Gasteiger partial charge in [0, 0.05) is 11.3 Å². The summed E-state index contributed by atoms with van der Waals surface area (Å²) in [6.07, 6.45) is 1.62. The van der Waals surface area contributed by atoms with E-state index >= 15 is 0 Å². The van der Waals surface area contributed by atoms with Crippen molar-refractivity contribution in [2.75, 3.05) is 10.6 Å². The number of fused-ring (bicyclic) bond motifs is 1. The maximum atomic E-state index is 13.0. The molecule has 0 spiro atoms. The topological polar surface area (TPSA) is 76.0 Å². The van der Waals surface area contributed by atoms with Crippen LogP contribution < -0.4 is 10.6 Å². The Kier molecular flexibility index (Phi) is 3.96. The van der Waals surface area contributed by atoms with Crippen molar-refractivity contribution in [3.8, 4) is 11.1 Å². The molecule has 0 radical (unpaired) electrons. The van der Waals surface area contributed by atoms with E-state index in [4.69, 9.17) is 0 Å². The highest BCUT2D eigenvalue weighted by Gasteiger charge is 2.33. The number of carbonyl (C=O) groups excluding carboxylic acids is 2. The summed E-state index contributed by atoms with van der Waals surface area (Å²) >= 11 is 0. The highest BCUT2D eigenvalue weighted by Crippen LogP contribution is 2.34. The summed E-state index contributed by atoms with van der Waals surface area (Å²) < 4.78 is 14.5. The summed E-state index contributed by atoms with van der Waals surface area (Å²) in [4.78, 5) is 24.8. The van der Waals surface area contributed by atoms with Crippen LogP contribution in [0.2, 0.25) is 0 Å². The molecule has 0 aliphatic carbocycles. The molecule has 1 aromatic heterocycles. The molecule has 2 aromatic carbocycles. The van der Waals surface area contributed by atoms with Crippen LogP contribution in [0, 0.1) is 5.82 Å². The van der Waals surface area contributed by atoms with Gasteiger partial charge in [0.1, 0.15) is 17.7 Å².